The van der Waals surface area contributed by atoms with Crippen molar-refractivity contribution in [3.8, 4) is 6.07 Å². The largest absolute Gasteiger partial charge is 0.339 e. The molecule has 0 aromatic rings. The summed E-state index contributed by atoms with van der Waals surface area (Å²) in [5.74, 6) is -0.0217. The lowest BCUT2D eigenvalue weighted by Gasteiger charge is -2.11. The summed E-state index contributed by atoms with van der Waals surface area (Å²) in [6.45, 7) is 3.33. The fraction of sp³-hybridized carbons (Fsp3) is 0.556. The second-order valence-electron chi connectivity index (χ2n) is 2.97. The lowest BCUT2D eigenvalue weighted by molar-refractivity contribution is -0.125. The summed E-state index contributed by atoms with van der Waals surface area (Å²) in [6.07, 6.45) is 3.59. The zero-order valence-electron chi connectivity index (χ0n) is 7.21. The highest BCUT2D eigenvalue weighted by Gasteiger charge is 2.15. The molecule has 0 bridgehead atoms. The van der Waals surface area contributed by atoms with Crippen molar-refractivity contribution < 1.29 is 4.79 Å². The Bertz CT molecular complexity index is 244. The van der Waals surface area contributed by atoms with Crippen LogP contribution in [0.3, 0.4) is 0 Å². The molecule has 1 amide bonds. The molecule has 12 heavy (non-hydrogen) atoms. The number of amides is 1. The maximum atomic E-state index is 11.3. The predicted molar refractivity (Wildman–Crippen MR) is 45.2 cm³/mol. The molecule has 1 saturated heterocycles. The van der Waals surface area contributed by atoms with Gasteiger partial charge in [-0.2, -0.15) is 5.26 Å². The molecule has 0 unspecified atom stereocenters. The van der Waals surface area contributed by atoms with Gasteiger partial charge >= 0.3 is 0 Å². The molecule has 0 spiro atoms. The molecule has 1 fully saturated rings. The van der Waals surface area contributed by atoms with Crippen LogP contribution in [0, 0.1) is 11.3 Å². The highest BCUT2D eigenvalue weighted by Crippen LogP contribution is 2.08. The number of hydrogen-bond donors (Lipinski definition) is 0. The minimum Gasteiger partial charge on any atom is -0.339 e. The molecule has 0 N–H and O–H groups in total. The van der Waals surface area contributed by atoms with E-state index in [0.717, 1.165) is 25.9 Å². The Hall–Kier alpha value is -1.30. The van der Waals surface area contributed by atoms with Crippen LogP contribution in [0.25, 0.3) is 0 Å². The van der Waals surface area contributed by atoms with Gasteiger partial charge in [-0.15, -0.1) is 0 Å². The minimum atomic E-state index is -0.0217. The summed E-state index contributed by atoms with van der Waals surface area (Å²) >= 11 is 0. The lowest BCUT2D eigenvalue weighted by atomic mass is 10.3. The molecule has 0 aromatic heterocycles. The fourth-order valence-electron chi connectivity index (χ4n) is 1.25. The van der Waals surface area contributed by atoms with E-state index >= 15 is 0 Å². The Morgan fingerprint density at radius 2 is 2.08 bits per heavy atom. The first kappa shape index (κ1) is 8.79. The van der Waals surface area contributed by atoms with E-state index in [4.69, 9.17) is 5.26 Å². The third-order valence-corrected chi connectivity index (χ3v) is 1.93. The van der Waals surface area contributed by atoms with Crippen LogP contribution < -0.4 is 0 Å². The number of likely N-dealkylation sites (tertiary alicyclic amines) is 1. The van der Waals surface area contributed by atoms with E-state index in [2.05, 4.69) is 0 Å². The molecule has 0 radical (unpaired) electrons. The van der Waals surface area contributed by atoms with E-state index in [-0.39, 0.29) is 5.91 Å². The summed E-state index contributed by atoms with van der Waals surface area (Å²) in [4.78, 5) is 13.1. The second kappa shape index (κ2) is 3.91. The first-order valence-corrected chi connectivity index (χ1v) is 4.11. The van der Waals surface area contributed by atoms with E-state index in [1.165, 1.54) is 6.08 Å². The summed E-state index contributed by atoms with van der Waals surface area (Å²) in [5.41, 5.74) is 0.479. The molecule has 64 valence electrons. The molecule has 1 rings (SSSR count). The predicted octanol–water partition coefficient (Wildman–Crippen LogP) is 1.08. The van der Waals surface area contributed by atoms with Crippen molar-refractivity contribution in [3.63, 3.8) is 0 Å². The summed E-state index contributed by atoms with van der Waals surface area (Å²) < 4.78 is 0. The van der Waals surface area contributed by atoms with Gasteiger partial charge in [-0.05, 0) is 19.8 Å². The third-order valence-electron chi connectivity index (χ3n) is 1.93. The van der Waals surface area contributed by atoms with Gasteiger partial charge < -0.3 is 4.90 Å². The van der Waals surface area contributed by atoms with Crippen molar-refractivity contribution in [2.75, 3.05) is 13.1 Å². The average Bonchev–Trinajstić information content (AvgIpc) is 2.56. The molecular weight excluding hydrogens is 152 g/mol. The first-order valence-electron chi connectivity index (χ1n) is 4.11. The van der Waals surface area contributed by atoms with Crippen LogP contribution in [0.1, 0.15) is 19.8 Å². The van der Waals surface area contributed by atoms with Crippen molar-refractivity contribution in [1.29, 1.82) is 5.26 Å². The lowest BCUT2D eigenvalue weighted by Crippen LogP contribution is -2.25. The fourth-order valence-corrected chi connectivity index (χ4v) is 1.25. The summed E-state index contributed by atoms with van der Waals surface area (Å²) in [5, 5.41) is 8.44. The Morgan fingerprint density at radius 1 is 1.50 bits per heavy atom. The standard InChI is InChI=1S/C9H12N2O/c1-8(7-10)6-9(12)11-4-2-3-5-11/h6H,2-5H2,1H3/b8-6+. The number of allylic oxidation sites excluding steroid dienone is 1. The molecule has 3 nitrogen and oxygen atoms in total. The Labute approximate surface area is 72.3 Å². The Balaban J connectivity index is 2.54. The van der Waals surface area contributed by atoms with E-state index in [1.54, 1.807) is 11.8 Å². The van der Waals surface area contributed by atoms with Gasteiger partial charge in [-0.3, -0.25) is 4.79 Å². The molecule has 0 aliphatic carbocycles. The maximum absolute atomic E-state index is 11.3. The monoisotopic (exact) mass is 164 g/mol. The van der Waals surface area contributed by atoms with Crippen molar-refractivity contribution in [1.82, 2.24) is 4.90 Å². The number of rotatable bonds is 1. The van der Waals surface area contributed by atoms with E-state index in [1.807, 2.05) is 6.07 Å². The van der Waals surface area contributed by atoms with Crippen LogP contribution in [0.2, 0.25) is 0 Å². The van der Waals surface area contributed by atoms with Crippen molar-refractivity contribution in [3.05, 3.63) is 11.6 Å². The van der Waals surface area contributed by atoms with Gasteiger partial charge in [0.2, 0.25) is 5.91 Å². The molecule has 0 atom stereocenters. The number of nitrogens with zero attached hydrogens (tertiary/aromatic N) is 2. The Kier molecular flexibility index (Phi) is 2.87. The first-order chi connectivity index (χ1) is 5.74. The molecular formula is C9H12N2O. The second-order valence-corrected chi connectivity index (χ2v) is 2.97. The smallest absolute Gasteiger partial charge is 0.247 e. The van der Waals surface area contributed by atoms with Crippen molar-refractivity contribution in [2.45, 2.75) is 19.8 Å². The molecule has 0 saturated carbocycles. The van der Waals surface area contributed by atoms with Gasteiger partial charge in [0.15, 0.2) is 0 Å². The van der Waals surface area contributed by atoms with Gasteiger partial charge in [0.1, 0.15) is 0 Å². The van der Waals surface area contributed by atoms with E-state index in [9.17, 15) is 4.79 Å². The highest BCUT2D eigenvalue weighted by atomic mass is 16.2. The number of carbonyl (C=O) groups is 1. The van der Waals surface area contributed by atoms with Crippen molar-refractivity contribution in [2.24, 2.45) is 0 Å². The average molecular weight is 164 g/mol. The van der Waals surface area contributed by atoms with Crippen LogP contribution in [0.4, 0.5) is 0 Å². The zero-order valence-corrected chi connectivity index (χ0v) is 7.21. The van der Waals surface area contributed by atoms with Crippen LogP contribution in [0.5, 0.6) is 0 Å². The summed E-state index contributed by atoms with van der Waals surface area (Å²) in [7, 11) is 0. The zero-order chi connectivity index (χ0) is 8.97. The Morgan fingerprint density at radius 3 is 2.58 bits per heavy atom. The molecule has 1 aliphatic rings. The van der Waals surface area contributed by atoms with Crippen LogP contribution in [-0.2, 0) is 4.79 Å². The van der Waals surface area contributed by atoms with Crippen LogP contribution >= 0.6 is 0 Å². The minimum absolute atomic E-state index is 0.0217. The van der Waals surface area contributed by atoms with Gasteiger partial charge in [0.05, 0.1) is 6.07 Å². The topological polar surface area (TPSA) is 44.1 Å². The molecule has 0 aromatic carbocycles. The molecule has 1 heterocycles. The third kappa shape index (κ3) is 2.09. The van der Waals surface area contributed by atoms with Crippen LogP contribution in [0.15, 0.2) is 11.6 Å². The van der Waals surface area contributed by atoms with Gasteiger partial charge in [-0.1, -0.05) is 0 Å². The summed E-state index contributed by atoms with van der Waals surface area (Å²) in [6, 6.07) is 1.93. The number of nitriles is 1. The molecule has 3 heteroatoms. The highest BCUT2D eigenvalue weighted by molar-refractivity contribution is 5.89. The van der Waals surface area contributed by atoms with E-state index in [0.29, 0.717) is 5.57 Å². The van der Waals surface area contributed by atoms with Crippen molar-refractivity contribution >= 4 is 5.91 Å². The van der Waals surface area contributed by atoms with E-state index < -0.39 is 0 Å². The quantitative estimate of drug-likeness (QED) is 0.430. The number of hydrogen-bond acceptors (Lipinski definition) is 2. The maximum Gasteiger partial charge on any atom is 0.247 e. The number of carbonyl (C=O) groups excluding carboxylic acids is 1. The van der Waals surface area contributed by atoms with Gasteiger partial charge in [0, 0.05) is 24.7 Å². The van der Waals surface area contributed by atoms with Gasteiger partial charge in [-0.25, -0.2) is 0 Å². The molecule has 1 aliphatic heterocycles. The normalized spacial score (nSPS) is 17.7. The van der Waals surface area contributed by atoms with Gasteiger partial charge in [0.25, 0.3) is 0 Å². The van der Waals surface area contributed by atoms with Crippen LogP contribution in [-0.4, -0.2) is 23.9 Å². The SMILES string of the molecule is C/C(C#N)=C\C(=O)N1CCCC1.